The summed E-state index contributed by atoms with van der Waals surface area (Å²) in [7, 11) is 1.33. The summed E-state index contributed by atoms with van der Waals surface area (Å²) in [5.74, 6) is -2.69. The van der Waals surface area contributed by atoms with Crippen molar-refractivity contribution in [1.29, 1.82) is 0 Å². The van der Waals surface area contributed by atoms with E-state index in [0.29, 0.717) is 18.7 Å². The highest BCUT2D eigenvalue weighted by atomic mass is 16.6. The third kappa shape index (κ3) is 2.49. The lowest BCUT2D eigenvalue weighted by atomic mass is 9.75. The van der Waals surface area contributed by atoms with Gasteiger partial charge in [0.25, 0.3) is 5.69 Å². The Hall–Kier alpha value is -3.79. The van der Waals surface area contributed by atoms with Crippen molar-refractivity contribution in [1.82, 2.24) is 4.90 Å². The summed E-state index contributed by atoms with van der Waals surface area (Å²) in [6.45, 7) is 4.53. The molecule has 3 fully saturated rings. The number of carbonyl (C=O) groups excluding carboxylic acids is 3. The molecule has 0 aliphatic carbocycles. The summed E-state index contributed by atoms with van der Waals surface area (Å²) in [5.41, 5.74) is 2.10. The standard InChI is InChI=1S/C25H24N4O6/c1-12-6-8-15-21(13(12)2)26-24(32)25(15)20-19(17-5-4-10-27(17)25)22(30)28(23(20)31)16-9-7-14(29(33)34)11-18(16)35-3/h6-9,11,17,19-20H,4-5,10H2,1-3H3,(H,26,32)/t17-,19-,20-,25+/m1/s1. The van der Waals surface area contributed by atoms with E-state index in [2.05, 4.69) is 10.2 Å². The molecule has 2 aromatic rings. The molecule has 3 saturated heterocycles. The molecule has 0 radical (unpaired) electrons. The van der Waals surface area contributed by atoms with Gasteiger partial charge in [-0.05, 0) is 50.4 Å². The highest BCUT2D eigenvalue weighted by molar-refractivity contribution is 6.26. The van der Waals surface area contributed by atoms with Gasteiger partial charge < -0.3 is 10.1 Å². The highest BCUT2D eigenvalue weighted by Crippen LogP contribution is 2.61. The van der Waals surface area contributed by atoms with Gasteiger partial charge in [-0.3, -0.25) is 29.4 Å². The number of rotatable bonds is 3. The van der Waals surface area contributed by atoms with Crippen LogP contribution in [0.4, 0.5) is 17.1 Å². The fourth-order valence-electron chi connectivity index (χ4n) is 6.72. The lowest BCUT2D eigenvalue weighted by Crippen LogP contribution is -2.54. The zero-order chi connectivity index (χ0) is 24.8. The van der Waals surface area contributed by atoms with Crippen LogP contribution >= 0.6 is 0 Å². The molecule has 35 heavy (non-hydrogen) atoms. The van der Waals surface area contributed by atoms with Crippen molar-refractivity contribution in [2.24, 2.45) is 11.8 Å². The van der Waals surface area contributed by atoms with Crippen molar-refractivity contribution in [2.45, 2.75) is 38.3 Å². The van der Waals surface area contributed by atoms with Crippen LogP contribution in [0.5, 0.6) is 5.75 Å². The lowest BCUT2D eigenvalue weighted by Gasteiger charge is -2.36. The maximum absolute atomic E-state index is 14.1. The topological polar surface area (TPSA) is 122 Å². The third-order valence-electron chi connectivity index (χ3n) is 8.31. The Kier molecular flexibility index (Phi) is 4.41. The molecule has 4 atom stereocenters. The Morgan fingerprint density at radius 1 is 1.14 bits per heavy atom. The molecule has 6 rings (SSSR count). The summed E-state index contributed by atoms with van der Waals surface area (Å²) in [6, 6.07) is 7.42. The van der Waals surface area contributed by atoms with Crippen molar-refractivity contribution in [2.75, 3.05) is 23.9 Å². The molecule has 4 aliphatic heterocycles. The van der Waals surface area contributed by atoms with Gasteiger partial charge in [0.1, 0.15) is 11.3 Å². The second-order valence-corrected chi connectivity index (χ2v) is 9.68. The maximum atomic E-state index is 14.1. The van der Waals surface area contributed by atoms with Gasteiger partial charge >= 0.3 is 0 Å². The minimum absolute atomic E-state index is 0.0564. The predicted octanol–water partition coefficient (Wildman–Crippen LogP) is 2.65. The summed E-state index contributed by atoms with van der Waals surface area (Å²) in [6.07, 6.45) is 1.53. The Balaban J connectivity index is 1.54. The third-order valence-corrected chi connectivity index (χ3v) is 8.31. The molecule has 0 saturated carbocycles. The molecule has 0 aromatic heterocycles. The first-order valence-electron chi connectivity index (χ1n) is 11.6. The van der Waals surface area contributed by atoms with Crippen molar-refractivity contribution in [3.05, 3.63) is 57.1 Å². The molecule has 1 spiro atoms. The Morgan fingerprint density at radius 3 is 2.63 bits per heavy atom. The van der Waals surface area contributed by atoms with Gasteiger partial charge in [0.15, 0.2) is 0 Å². The quantitative estimate of drug-likeness (QED) is 0.411. The summed E-state index contributed by atoms with van der Waals surface area (Å²) >= 11 is 0. The first-order valence-corrected chi connectivity index (χ1v) is 11.6. The molecule has 4 aliphatic rings. The fraction of sp³-hybridized carbons (Fsp3) is 0.400. The largest absolute Gasteiger partial charge is 0.494 e. The number of hydrogen-bond acceptors (Lipinski definition) is 7. The number of imide groups is 1. The van der Waals surface area contributed by atoms with Crippen LogP contribution < -0.4 is 15.0 Å². The van der Waals surface area contributed by atoms with E-state index >= 15 is 0 Å². The number of hydrogen-bond donors (Lipinski definition) is 1. The first kappa shape index (κ1) is 21.7. The molecule has 2 aromatic carbocycles. The van der Waals surface area contributed by atoms with E-state index < -0.39 is 34.1 Å². The minimum Gasteiger partial charge on any atom is -0.494 e. The van der Waals surface area contributed by atoms with Crippen LogP contribution in [0.25, 0.3) is 0 Å². The van der Waals surface area contributed by atoms with Gasteiger partial charge in [-0.15, -0.1) is 0 Å². The Morgan fingerprint density at radius 2 is 1.91 bits per heavy atom. The number of fused-ring (bicyclic) bond motifs is 7. The maximum Gasteiger partial charge on any atom is 0.273 e. The average Bonchev–Trinajstić information content (AvgIpc) is 3.54. The first-order chi connectivity index (χ1) is 16.7. The van der Waals surface area contributed by atoms with Gasteiger partial charge in [0.2, 0.25) is 17.7 Å². The van der Waals surface area contributed by atoms with Crippen molar-refractivity contribution in [3.8, 4) is 5.75 Å². The molecule has 4 heterocycles. The SMILES string of the molecule is COc1cc([N+](=O)[O-])ccc1N1C(=O)[C@@H]2[C@H]3CCCN3[C@]3(C(=O)Nc4c3ccc(C)c4C)[C@H]2C1=O. The summed E-state index contributed by atoms with van der Waals surface area (Å²) < 4.78 is 5.34. The van der Waals surface area contributed by atoms with Crippen molar-refractivity contribution < 1.29 is 24.0 Å². The molecule has 1 N–H and O–H groups in total. The summed E-state index contributed by atoms with van der Waals surface area (Å²) in [4.78, 5) is 55.6. The number of carbonyl (C=O) groups is 3. The monoisotopic (exact) mass is 476 g/mol. The van der Waals surface area contributed by atoms with E-state index in [4.69, 9.17) is 4.74 Å². The molecule has 0 bridgehead atoms. The van der Waals surface area contributed by atoms with E-state index in [1.165, 1.54) is 25.3 Å². The van der Waals surface area contributed by atoms with Gasteiger partial charge in [-0.2, -0.15) is 0 Å². The Labute approximate surface area is 201 Å². The van der Waals surface area contributed by atoms with Crippen molar-refractivity contribution >= 4 is 34.8 Å². The van der Waals surface area contributed by atoms with Crippen LogP contribution in [-0.2, 0) is 19.9 Å². The number of anilines is 2. The van der Waals surface area contributed by atoms with Crippen LogP contribution in [0.2, 0.25) is 0 Å². The number of nitrogens with zero attached hydrogens (tertiary/aromatic N) is 3. The van der Waals surface area contributed by atoms with Crippen LogP contribution in [-0.4, -0.2) is 47.2 Å². The van der Waals surface area contributed by atoms with Gasteiger partial charge in [0.05, 0.1) is 35.6 Å². The molecular weight excluding hydrogens is 452 g/mol. The summed E-state index contributed by atoms with van der Waals surface area (Å²) in [5, 5.41) is 14.3. The van der Waals surface area contributed by atoms with Crippen LogP contribution in [0.1, 0.15) is 29.5 Å². The van der Waals surface area contributed by atoms with E-state index in [1.807, 2.05) is 26.0 Å². The van der Waals surface area contributed by atoms with E-state index in [1.54, 1.807) is 0 Å². The van der Waals surface area contributed by atoms with Gasteiger partial charge in [-0.25, -0.2) is 4.90 Å². The van der Waals surface area contributed by atoms with E-state index in [0.717, 1.165) is 28.0 Å². The molecule has 180 valence electrons. The molecule has 0 unspecified atom stereocenters. The fourth-order valence-corrected chi connectivity index (χ4v) is 6.72. The molecular formula is C25H24N4O6. The van der Waals surface area contributed by atoms with Crippen molar-refractivity contribution in [3.63, 3.8) is 0 Å². The number of aryl methyl sites for hydroxylation is 1. The number of benzene rings is 2. The Bertz CT molecular complexity index is 1360. The molecule has 3 amide bonds. The number of ether oxygens (including phenoxy) is 1. The zero-order valence-corrected chi connectivity index (χ0v) is 19.5. The van der Waals surface area contributed by atoms with Crippen LogP contribution in [0, 0.1) is 35.8 Å². The lowest BCUT2D eigenvalue weighted by molar-refractivity contribution is -0.384. The number of amides is 3. The normalized spacial score (nSPS) is 28.9. The number of nitro groups is 1. The zero-order valence-electron chi connectivity index (χ0n) is 19.5. The molecule has 10 heteroatoms. The van der Waals surface area contributed by atoms with Gasteiger partial charge in [0, 0.05) is 23.4 Å². The van der Waals surface area contributed by atoms with E-state index in [-0.39, 0.29) is 29.1 Å². The minimum atomic E-state index is -1.27. The second kappa shape index (κ2) is 7.11. The van der Waals surface area contributed by atoms with Crippen LogP contribution in [0.15, 0.2) is 30.3 Å². The van der Waals surface area contributed by atoms with Gasteiger partial charge in [-0.1, -0.05) is 12.1 Å². The number of nitrogens with one attached hydrogen (secondary N) is 1. The smallest absolute Gasteiger partial charge is 0.273 e. The van der Waals surface area contributed by atoms with E-state index in [9.17, 15) is 24.5 Å². The number of methoxy groups -OCH3 is 1. The average molecular weight is 476 g/mol. The second-order valence-electron chi connectivity index (χ2n) is 9.68. The molecule has 10 nitrogen and oxygen atoms in total. The van der Waals surface area contributed by atoms with Crippen LogP contribution in [0.3, 0.4) is 0 Å². The number of non-ortho nitro benzene ring substituents is 1. The predicted molar refractivity (Wildman–Crippen MR) is 125 cm³/mol. The highest BCUT2D eigenvalue weighted by Gasteiger charge is 2.74. The number of nitro benzene ring substituents is 1.